The van der Waals surface area contributed by atoms with Crippen LogP contribution in [0.25, 0.3) is 11.0 Å². The summed E-state index contributed by atoms with van der Waals surface area (Å²) in [7, 11) is 0. The second-order valence-electron chi connectivity index (χ2n) is 5.51. The average Bonchev–Trinajstić information content (AvgIpc) is 2.70. The van der Waals surface area contributed by atoms with Gasteiger partial charge in [-0.3, -0.25) is 0 Å². The van der Waals surface area contributed by atoms with Crippen LogP contribution in [0, 0.1) is 5.92 Å². The second kappa shape index (κ2) is 5.21. The molecule has 1 aromatic heterocycles. The van der Waals surface area contributed by atoms with Crippen molar-refractivity contribution in [2.75, 3.05) is 6.54 Å². The molecular formula is C15H21N3O. The predicted molar refractivity (Wildman–Crippen MR) is 77.3 cm³/mol. The summed E-state index contributed by atoms with van der Waals surface area (Å²) in [5, 5.41) is 3.66. The Kier molecular flexibility index (Phi) is 3.42. The van der Waals surface area contributed by atoms with Gasteiger partial charge in [-0.2, -0.15) is 0 Å². The first-order valence-electron chi connectivity index (χ1n) is 7.23. The quantitative estimate of drug-likeness (QED) is 0.773. The summed E-state index contributed by atoms with van der Waals surface area (Å²) in [5.41, 5.74) is 2.96. The molecule has 4 heteroatoms. The average molecular weight is 259 g/mol. The van der Waals surface area contributed by atoms with E-state index in [4.69, 9.17) is 0 Å². The van der Waals surface area contributed by atoms with E-state index in [2.05, 4.69) is 34.3 Å². The van der Waals surface area contributed by atoms with Gasteiger partial charge in [-0.15, -0.1) is 0 Å². The standard InChI is InChI=1S/C15H21N3O/c1-2-8-16-14(10-4-3-5-10)11-6-7-12-13(9-11)18-15(19)17-12/h6-7,9-10,14,16H,2-5,8H2,1H3,(H2,17,18,19). The molecule has 0 aliphatic heterocycles. The van der Waals surface area contributed by atoms with E-state index >= 15 is 0 Å². The highest BCUT2D eigenvalue weighted by atomic mass is 16.1. The second-order valence-corrected chi connectivity index (χ2v) is 5.51. The highest BCUT2D eigenvalue weighted by Crippen LogP contribution is 2.38. The zero-order valence-electron chi connectivity index (χ0n) is 11.3. The Labute approximate surface area is 112 Å². The van der Waals surface area contributed by atoms with Gasteiger partial charge in [0, 0.05) is 6.04 Å². The lowest BCUT2D eigenvalue weighted by Crippen LogP contribution is -2.32. The highest BCUT2D eigenvalue weighted by Gasteiger charge is 2.28. The fourth-order valence-corrected chi connectivity index (χ4v) is 2.87. The van der Waals surface area contributed by atoms with Crippen molar-refractivity contribution in [1.29, 1.82) is 0 Å². The van der Waals surface area contributed by atoms with Crippen molar-refractivity contribution >= 4 is 11.0 Å². The van der Waals surface area contributed by atoms with Gasteiger partial charge in [-0.25, -0.2) is 4.79 Å². The first-order valence-corrected chi connectivity index (χ1v) is 7.23. The van der Waals surface area contributed by atoms with Crippen molar-refractivity contribution in [3.8, 4) is 0 Å². The summed E-state index contributed by atoms with van der Waals surface area (Å²) >= 11 is 0. The fourth-order valence-electron chi connectivity index (χ4n) is 2.87. The van der Waals surface area contributed by atoms with E-state index in [0.717, 1.165) is 29.9 Å². The van der Waals surface area contributed by atoms with E-state index in [1.165, 1.54) is 24.8 Å². The molecule has 2 aromatic rings. The minimum atomic E-state index is -0.131. The number of nitrogens with one attached hydrogen (secondary N) is 3. The Morgan fingerprint density at radius 1 is 1.32 bits per heavy atom. The maximum Gasteiger partial charge on any atom is 0.323 e. The summed E-state index contributed by atoms with van der Waals surface area (Å²) in [6.07, 6.45) is 5.11. The Bertz CT molecular complexity index is 609. The molecular weight excluding hydrogens is 238 g/mol. The molecule has 0 spiro atoms. The van der Waals surface area contributed by atoms with E-state index < -0.39 is 0 Å². The van der Waals surface area contributed by atoms with Gasteiger partial charge < -0.3 is 15.3 Å². The molecule has 1 heterocycles. The molecule has 19 heavy (non-hydrogen) atoms. The number of benzene rings is 1. The third-order valence-electron chi connectivity index (χ3n) is 4.13. The number of hydrogen-bond acceptors (Lipinski definition) is 2. The van der Waals surface area contributed by atoms with E-state index in [-0.39, 0.29) is 5.69 Å². The Morgan fingerprint density at radius 2 is 2.11 bits per heavy atom. The molecule has 102 valence electrons. The van der Waals surface area contributed by atoms with Crippen LogP contribution in [0.2, 0.25) is 0 Å². The molecule has 0 bridgehead atoms. The van der Waals surface area contributed by atoms with Crippen LogP contribution in [0.15, 0.2) is 23.0 Å². The van der Waals surface area contributed by atoms with Gasteiger partial charge in [0.15, 0.2) is 0 Å². The van der Waals surface area contributed by atoms with Crippen LogP contribution in [0.3, 0.4) is 0 Å². The third-order valence-corrected chi connectivity index (χ3v) is 4.13. The Morgan fingerprint density at radius 3 is 2.79 bits per heavy atom. The molecule has 1 aliphatic carbocycles. The molecule has 3 N–H and O–H groups in total. The van der Waals surface area contributed by atoms with Gasteiger partial charge in [0.1, 0.15) is 0 Å². The first-order chi connectivity index (χ1) is 9.28. The maximum atomic E-state index is 11.3. The number of rotatable bonds is 5. The van der Waals surface area contributed by atoms with Gasteiger partial charge >= 0.3 is 5.69 Å². The Hall–Kier alpha value is -1.55. The lowest BCUT2D eigenvalue weighted by molar-refractivity contribution is 0.231. The van der Waals surface area contributed by atoms with Crippen molar-refractivity contribution in [3.05, 3.63) is 34.2 Å². The molecule has 3 rings (SSSR count). The molecule has 0 amide bonds. The fraction of sp³-hybridized carbons (Fsp3) is 0.533. The lowest BCUT2D eigenvalue weighted by Gasteiger charge is -2.35. The van der Waals surface area contributed by atoms with Crippen LogP contribution in [-0.2, 0) is 0 Å². The largest absolute Gasteiger partial charge is 0.323 e. The summed E-state index contributed by atoms with van der Waals surface area (Å²) < 4.78 is 0. The van der Waals surface area contributed by atoms with E-state index in [1.807, 2.05) is 6.07 Å². The molecule has 1 fully saturated rings. The smallest absolute Gasteiger partial charge is 0.310 e. The minimum absolute atomic E-state index is 0.131. The van der Waals surface area contributed by atoms with Crippen LogP contribution in [-0.4, -0.2) is 16.5 Å². The minimum Gasteiger partial charge on any atom is -0.310 e. The Balaban J connectivity index is 1.91. The van der Waals surface area contributed by atoms with E-state index in [0.29, 0.717) is 6.04 Å². The third kappa shape index (κ3) is 2.45. The van der Waals surface area contributed by atoms with Gasteiger partial charge in [-0.1, -0.05) is 19.4 Å². The summed E-state index contributed by atoms with van der Waals surface area (Å²) in [6.45, 7) is 3.24. The van der Waals surface area contributed by atoms with Crippen molar-refractivity contribution in [3.63, 3.8) is 0 Å². The SMILES string of the molecule is CCCNC(c1ccc2[nH]c(=O)[nH]c2c1)C1CCC1. The predicted octanol–water partition coefficient (Wildman–Crippen LogP) is 2.70. The molecule has 4 nitrogen and oxygen atoms in total. The number of H-pyrrole nitrogens is 2. The van der Waals surface area contributed by atoms with Gasteiger partial charge in [0.2, 0.25) is 0 Å². The van der Waals surface area contributed by atoms with E-state index in [9.17, 15) is 4.79 Å². The van der Waals surface area contributed by atoms with Crippen LogP contribution >= 0.6 is 0 Å². The monoisotopic (exact) mass is 259 g/mol. The van der Waals surface area contributed by atoms with Crippen molar-refractivity contribution < 1.29 is 0 Å². The number of fused-ring (bicyclic) bond motifs is 1. The van der Waals surface area contributed by atoms with Crippen LogP contribution in [0.4, 0.5) is 0 Å². The maximum absolute atomic E-state index is 11.3. The molecule has 0 radical (unpaired) electrons. The number of hydrogen-bond donors (Lipinski definition) is 3. The van der Waals surface area contributed by atoms with Crippen molar-refractivity contribution in [1.82, 2.24) is 15.3 Å². The number of aromatic amines is 2. The van der Waals surface area contributed by atoms with Gasteiger partial charge in [-0.05, 0) is 49.4 Å². The van der Waals surface area contributed by atoms with Crippen LogP contribution < -0.4 is 11.0 Å². The zero-order chi connectivity index (χ0) is 13.2. The molecule has 1 aliphatic rings. The molecule has 1 atom stereocenters. The van der Waals surface area contributed by atoms with Crippen LogP contribution in [0.5, 0.6) is 0 Å². The first kappa shape index (κ1) is 12.5. The van der Waals surface area contributed by atoms with Crippen molar-refractivity contribution in [2.45, 2.75) is 38.6 Å². The van der Waals surface area contributed by atoms with Crippen LogP contribution in [0.1, 0.15) is 44.2 Å². The highest BCUT2D eigenvalue weighted by molar-refractivity contribution is 5.75. The molecule has 1 unspecified atom stereocenters. The van der Waals surface area contributed by atoms with Gasteiger partial charge in [0.25, 0.3) is 0 Å². The molecule has 1 aromatic carbocycles. The zero-order valence-corrected chi connectivity index (χ0v) is 11.3. The summed E-state index contributed by atoms with van der Waals surface area (Å²) in [6, 6.07) is 6.68. The number of imidazole rings is 1. The molecule has 1 saturated carbocycles. The summed E-state index contributed by atoms with van der Waals surface area (Å²) in [5.74, 6) is 0.745. The lowest BCUT2D eigenvalue weighted by atomic mass is 9.77. The topological polar surface area (TPSA) is 60.7 Å². The molecule has 0 saturated heterocycles. The van der Waals surface area contributed by atoms with E-state index in [1.54, 1.807) is 0 Å². The van der Waals surface area contributed by atoms with Gasteiger partial charge in [0.05, 0.1) is 11.0 Å². The normalized spacial score (nSPS) is 17.5. The van der Waals surface area contributed by atoms with Crippen molar-refractivity contribution in [2.24, 2.45) is 5.92 Å². The number of aromatic nitrogens is 2. The summed E-state index contributed by atoms with van der Waals surface area (Å²) in [4.78, 5) is 17.0.